The molecule has 0 bridgehead atoms. The maximum Gasteiger partial charge on any atom is 0.270 e. The van der Waals surface area contributed by atoms with Gasteiger partial charge in [-0.1, -0.05) is 35.0 Å². The number of aryl methyl sites for hydroxylation is 1. The summed E-state index contributed by atoms with van der Waals surface area (Å²) >= 11 is 0. The van der Waals surface area contributed by atoms with Gasteiger partial charge in [0.15, 0.2) is 0 Å². The molecule has 1 aromatic heterocycles. The van der Waals surface area contributed by atoms with Gasteiger partial charge in [0.1, 0.15) is 6.04 Å². The van der Waals surface area contributed by atoms with Crippen LogP contribution in [-0.4, -0.2) is 32.4 Å². The smallest absolute Gasteiger partial charge is 0.270 e. The van der Waals surface area contributed by atoms with Gasteiger partial charge in [-0.25, -0.2) is 0 Å². The molecule has 1 atom stereocenters. The Hall–Kier alpha value is -3.55. The predicted molar refractivity (Wildman–Crippen MR) is 101 cm³/mol. The molecule has 28 heavy (non-hydrogen) atoms. The first-order valence-corrected chi connectivity index (χ1v) is 8.99. The van der Waals surface area contributed by atoms with E-state index in [-0.39, 0.29) is 23.2 Å². The summed E-state index contributed by atoms with van der Waals surface area (Å²) < 4.78 is 5.46. The van der Waals surface area contributed by atoms with Gasteiger partial charge in [0, 0.05) is 29.8 Å². The van der Waals surface area contributed by atoms with Crippen LogP contribution in [0.2, 0.25) is 0 Å². The third-order valence-corrected chi connectivity index (χ3v) is 4.82. The van der Waals surface area contributed by atoms with Gasteiger partial charge in [-0.15, -0.1) is 0 Å². The Kier molecular flexibility index (Phi) is 4.60. The van der Waals surface area contributed by atoms with E-state index >= 15 is 0 Å². The van der Waals surface area contributed by atoms with Crippen LogP contribution in [0.5, 0.6) is 0 Å². The van der Waals surface area contributed by atoms with Crippen LogP contribution in [-0.2, 0) is 0 Å². The Labute approximate surface area is 160 Å². The topological polar surface area (TPSA) is 102 Å². The molecule has 0 spiro atoms. The Morgan fingerprint density at radius 1 is 1.25 bits per heavy atom. The first-order valence-electron chi connectivity index (χ1n) is 8.99. The fourth-order valence-electron chi connectivity index (χ4n) is 3.46. The van der Waals surface area contributed by atoms with E-state index in [0.717, 1.165) is 17.5 Å². The molecule has 1 fully saturated rings. The molecule has 1 saturated heterocycles. The second-order valence-electron chi connectivity index (χ2n) is 6.79. The number of likely N-dealkylation sites (tertiary alicyclic amines) is 1. The van der Waals surface area contributed by atoms with Crippen molar-refractivity contribution < 1.29 is 14.2 Å². The standard InChI is InChI=1S/C20H18N4O4/c1-13-5-2-6-14(11-13)18-21-19(28-22-18)17-9-4-10-23(17)20(25)15-7-3-8-16(12-15)24(26)27/h2-3,5-8,11-12,17H,4,9-10H2,1H3. The van der Waals surface area contributed by atoms with Gasteiger partial charge in [0.25, 0.3) is 11.6 Å². The minimum atomic E-state index is -0.510. The molecule has 3 aromatic rings. The van der Waals surface area contributed by atoms with Crippen molar-refractivity contribution >= 4 is 11.6 Å². The lowest BCUT2D eigenvalue weighted by atomic mass is 10.1. The minimum absolute atomic E-state index is 0.110. The Balaban J connectivity index is 1.60. The minimum Gasteiger partial charge on any atom is -0.337 e. The number of hydrogen-bond acceptors (Lipinski definition) is 6. The summed E-state index contributed by atoms with van der Waals surface area (Å²) in [5.74, 6) is 0.586. The van der Waals surface area contributed by atoms with Crippen molar-refractivity contribution in [2.75, 3.05) is 6.54 Å². The molecule has 0 saturated carbocycles. The van der Waals surface area contributed by atoms with Crippen molar-refractivity contribution in [2.45, 2.75) is 25.8 Å². The van der Waals surface area contributed by atoms with Crippen LogP contribution in [0.3, 0.4) is 0 Å². The second kappa shape index (κ2) is 7.22. The fourth-order valence-corrected chi connectivity index (χ4v) is 3.46. The number of hydrogen-bond donors (Lipinski definition) is 0. The van der Waals surface area contributed by atoms with E-state index in [9.17, 15) is 14.9 Å². The number of benzene rings is 2. The van der Waals surface area contributed by atoms with Crippen molar-refractivity contribution in [3.05, 3.63) is 75.7 Å². The van der Waals surface area contributed by atoms with Crippen LogP contribution in [0, 0.1) is 17.0 Å². The van der Waals surface area contributed by atoms with Crippen molar-refractivity contribution in [1.82, 2.24) is 15.0 Å². The SMILES string of the molecule is Cc1cccc(-c2noc(C3CCCN3C(=O)c3cccc([N+](=O)[O-])c3)n2)c1. The number of carbonyl (C=O) groups excluding carboxylic acids is 1. The number of nitro benzene ring substituents is 1. The molecule has 4 rings (SSSR count). The zero-order valence-corrected chi connectivity index (χ0v) is 15.2. The number of amides is 1. The number of non-ortho nitro benzene ring substituents is 1. The summed E-state index contributed by atoms with van der Waals surface area (Å²) in [6.45, 7) is 2.52. The number of nitrogens with zero attached hydrogens (tertiary/aromatic N) is 4. The van der Waals surface area contributed by atoms with Crippen LogP contribution >= 0.6 is 0 Å². The lowest BCUT2D eigenvalue weighted by molar-refractivity contribution is -0.384. The average molecular weight is 378 g/mol. The molecule has 2 aromatic carbocycles. The Bertz CT molecular complexity index is 1050. The van der Waals surface area contributed by atoms with Crippen LogP contribution < -0.4 is 0 Å². The monoisotopic (exact) mass is 378 g/mol. The molecule has 142 valence electrons. The van der Waals surface area contributed by atoms with E-state index in [1.807, 2.05) is 31.2 Å². The highest BCUT2D eigenvalue weighted by molar-refractivity contribution is 5.95. The fraction of sp³-hybridized carbons (Fsp3) is 0.250. The van der Waals surface area contributed by atoms with E-state index in [2.05, 4.69) is 10.1 Å². The van der Waals surface area contributed by atoms with Gasteiger partial charge < -0.3 is 9.42 Å². The molecular weight excluding hydrogens is 360 g/mol. The Morgan fingerprint density at radius 2 is 2.07 bits per heavy atom. The third kappa shape index (κ3) is 3.36. The van der Waals surface area contributed by atoms with E-state index in [1.54, 1.807) is 11.0 Å². The summed E-state index contributed by atoms with van der Waals surface area (Å²) in [5, 5.41) is 15.1. The first-order chi connectivity index (χ1) is 13.5. The molecule has 8 nitrogen and oxygen atoms in total. The van der Waals surface area contributed by atoms with Gasteiger partial charge in [0.05, 0.1) is 4.92 Å². The van der Waals surface area contributed by atoms with E-state index in [1.165, 1.54) is 18.2 Å². The molecule has 0 N–H and O–H groups in total. The van der Waals surface area contributed by atoms with Crippen LogP contribution in [0.1, 0.15) is 40.7 Å². The molecule has 0 aliphatic carbocycles. The molecule has 8 heteroatoms. The van der Waals surface area contributed by atoms with Crippen LogP contribution in [0.25, 0.3) is 11.4 Å². The summed E-state index contributed by atoms with van der Waals surface area (Å²) in [4.78, 5) is 29.6. The lowest BCUT2D eigenvalue weighted by Crippen LogP contribution is -2.30. The second-order valence-corrected chi connectivity index (χ2v) is 6.79. The molecule has 1 amide bonds. The van der Waals surface area contributed by atoms with Crippen molar-refractivity contribution in [1.29, 1.82) is 0 Å². The highest BCUT2D eigenvalue weighted by Crippen LogP contribution is 2.33. The summed E-state index contributed by atoms with van der Waals surface area (Å²) in [6.07, 6.45) is 1.50. The van der Waals surface area contributed by atoms with Gasteiger partial charge in [0.2, 0.25) is 11.7 Å². The normalized spacial score (nSPS) is 16.3. The number of carbonyl (C=O) groups is 1. The zero-order chi connectivity index (χ0) is 19.7. The van der Waals surface area contributed by atoms with Crippen LogP contribution in [0.4, 0.5) is 5.69 Å². The van der Waals surface area contributed by atoms with E-state index in [4.69, 9.17) is 4.52 Å². The first kappa shape index (κ1) is 17.8. The van der Waals surface area contributed by atoms with E-state index < -0.39 is 4.92 Å². The van der Waals surface area contributed by atoms with Crippen molar-refractivity contribution in [3.63, 3.8) is 0 Å². The number of rotatable bonds is 4. The maximum atomic E-state index is 12.9. The zero-order valence-electron chi connectivity index (χ0n) is 15.2. The largest absolute Gasteiger partial charge is 0.337 e. The molecule has 1 aliphatic rings. The Morgan fingerprint density at radius 3 is 2.86 bits per heavy atom. The highest BCUT2D eigenvalue weighted by Gasteiger charge is 2.35. The lowest BCUT2D eigenvalue weighted by Gasteiger charge is -2.21. The average Bonchev–Trinajstić information content (AvgIpc) is 3.37. The highest BCUT2D eigenvalue weighted by atomic mass is 16.6. The number of nitro groups is 1. The summed E-state index contributed by atoms with van der Waals surface area (Å²) in [7, 11) is 0. The van der Waals surface area contributed by atoms with Gasteiger partial charge in [-0.2, -0.15) is 4.98 Å². The van der Waals surface area contributed by atoms with Crippen molar-refractivity contribution in [3.8, 4) is 11.4 Å². The summed E-state index contributed by atoms with van der Waals surface area (Å²) in [5.41, 5.74) is 2.11. The van der Waals surface area contributed by atoms with Gasteiger partial charge in [-0.3, -0.25) is 14.9 Å². The quantitative estimate of drug-likeness (QED) is 0.503. The molecule has 0 radical (unpaired) electrons. The van der Waals surface area contributed by atoms with E-state index in [0.29, 0.717) is 24.7 Å². The van der Waals surface area contributed by atoms with Crippen LogP contribution in [0.15, 0.2) is 53.1 Å². The molecule has 1 aliphatic heterocycles. The maximum absolute atomic E-state index is 12.9. The predicted octanol–water partition coefficient (Wildman–Crippen LogP) is 3.93. The van der Waals surface area contributed by atoms with Crippen molar-refractivity contribution in [2.24, 2.45) is 0 Å². The van der Waals surface area contributed by atoms with Gasteiger partial charge >= 0.3 is 0 Å². The third-order valence-electron chi connectivity index (χ3n) is 4.82. The summed E-state index contributed by atoms with van der Waals surface area (Å²) in [6, 6.07) is 13.2. The number of aromatic nitrogens is 2. The molecule has 1 unspecified atom stereocenters. The molecule has 2 heterocycles. The van der Waals surface area contributed by atoms with Gasteiger partial charge in [-0.05, 0) is 31.9 Å². The molecular formula is C20H18N4O4.